The minimum absolute atomic E-state index is 0. The molecule has 2 rings (SSSR count). The molecule has 0 saturated carbocycles. The Kier molecular flexibility index (Phi) is 14.1. The molecule has 1 fully saturated rings. The van der Waals surface area contributed by atoms with Crippen molar-refractivity contribution in [1.29, 1.82) is 0 Å². The Morgan fingerprint density at radius 1 is 1.13 bits per heavy atom. The number of nitrogens with zero attached hydrogens (tertiary/aromatic N) is 3. The first kappa shape index (κ1) is 26.9. The summed E-state index contributed by atoms with van der Waals surface area (Å²) in [6.45, 7) is 13.3. The van der Waals surface area contributed by atoms with Crippen molar-refractivity contribution in [2.24, 2.45) is 4.99 Å². The molecule has 7 nitrogen and oxygen atoms in total. The fourth-order valence-corrected chi connectivity index (χ4v) is 3.32. The summed E-state index contributed by atoms with van der Waals surface area (Å²) in [5.41, 5.74) is 2.26. The van der Waals surface area contributed by atoms with Crippen LogP contribution in [-0.4, -0.2) is 88.9 Å². The number of aryl methyl sites for hydroxylation is 1. The molecule has 0 radical (unpaired) electrons. The molecule has 1 aromatic rings. The molecule has 2 N–H and O–H groups in total. The van der Waals surface area contributed by atoms with Crippen LogP contribution in [0.4, 0.5) is 0 Å². The van der Waals surface area contributed by atoms with Gasteiger partial charge in [-0.1, -0.05) is 12.1 Å². The molecule has 0 atom stereocenters. The van der Waals surface area contributed by atoms with Gasteiger partial charge in [0, 0.05) is 45.4 Å². The fourth-order valence-electron chi connectivity index (χ4n) is 3.32. The van der Waals surface area contributed by atoms with Gasteiger partial charge in [0.25, 0.3) is 0 Å². The topological polar surface area (TPSA) is 61.4 Å². The average Bonchev–Trinajstić information content (AvgIpc) is 2.91. The van der Waals surface area contributed by atoms with Crippen LogP contribution in [0, 0.1) is 6.92 Å². The summed E-state index contributed by atoms with van der Waals surface area (Å²) in [5, 5.41) is 6.82. The lowest BCUT2D eigenvalue weighted by molar-refractivity contribution is 0.145. The number of methoxy groups -OCH3 is 1. The summed E-state index contributed by atoms with van der Waals surface area (Å²) in [6, 6.07) is 6.26. The van der Waals surface area contributed by atoms with Crippen molar-refractivity contribution < 1.29 is 9.47 Å². The number of hydrogen-bond acceptors (Lipinski definition) is 5. The number of aliphatic imine (C=N–C) groups is 1. The number of guanidine groups is 1. The van der Waals surface area contributed by atoms with Gasteiger partial charge in [-0.05, 0) is 52.0 Å². The predicted molar refractivity (Wildman–Crippen MR) is 135 cm³/mol. The maximum atomic E-state index is 5.89. The molecule has 1 saturated heterocycles. The molecular weight excluding hydrogens is 493 g/mol. The highest BCUT2D eigenvalue weighted by Crippen LogP contribution is 2.21. The van der Waals surface area contributed by atoms with Crippen LogP contribution in [0.25, 0.3) is 0 Å². The Morgan fingerprint density at radius 3 is 2.73 bits per heavy atom. The number of hydrogen-bond donors (Lipinski definition) is 2. The first-order valence-corrected chi connectivity index (χ1v) is 10.8. The summed E-state index contributed by atoms with van der Waals surface area (Å²) in [5.74, 6) is 1.73. The molecule has 1 aromatic carbocycles. The number of ether oxygens (including phenoxy) is 2. The van der Waals surface area contributed by atoms with E-state index in [1.165, 1.54) is 25.1 Å². The van der Waals surface area contributed by atoms with Gasteiger partial charge in [0.2, 0.25) is 0 Å². The van der Waals surface area contributed by atoms with Gasteiger partial charge in [-0.3, -0.25) is 0 Å². The third-order valence-electron chi connectivity index (χ3n) is 5.05. The van der Waals surface area contributed by atoms with Crippen LogP contribution >= 0.6 is 24.0 Å². The largest absolute Gasteiger partial charge is 0.491 e. The molecule has 0 aromatic heterocycles. The van der Waals surface area contributed by atoms with E-state index in [2.05, 4.69) is 59.5 Å². The van der Waals surface area contributed by atoms with Crippen LogP contribution in [0.2, 0.25) is 0 Å². The molecule has 30 heavy (non-hydrogen) atoms. The SMILES string of the molecule is CCNC(=NCc1ccc(C)cc1OCCOC)NCCN1CCCN(C)CC1.I. The summed E-state index contributed by atoms with van der Waals surface area (Å²) in [6.07, 6.45) is 1.24. The molecule has 8 heteroatoms. The van der Waals surface area contributed by atoms with Gasteiger partial charge in [-0.25, -0.2) is 4.99 Å². The average molecular weight is 533 g/mol. The maximum Gasteiger partial charge on any atom is 0.191 e. The summed E-state index contributed by atoms with van der Waals surface area (Å²) in [7, 11) is 3.89. The second-order valence-electron chi connectivity index (χ2n) is 7.57. The van der Waals surface area contributed by atoms with Gasteiger partial charge >= 0.3 is 0 Å². The number of benzene rings is 1. The molecule has 0 amide bonds. The lowest BCUT2D eigenvalue weighted by atomic mass is 10.1. The Hall–Kier alpha value is -1.10. The van der Waals surface area contributed by atoms with Crippen molar-refractivity contribution in [3.05, 3.63) is 29.3 Å². The minimum atomic E-state index is 0. The summed E-state index contributed by atoms with van der Waals surface area (Å²) in [4.78, 5) is 9.71. The second-order valence-corrected chi connectivity index (χ2v) is 7.57. The van der Waals surface area contributed by atoms with E-state index < -0.39 is 0 Å². The third kappa shape index (κ3) is 10.3. The zero-order valence-corrected chi connectivity index (χ0v) is 21.4. The van der Waals surface area contributed by atoms with E-state index in [1.54, 1.807) is 7.11 Å². The molecule has 1 heterocycles. The zero-order chi connectivity index (χ0) is 20.9. The predicted octanol–water partition coefficient (Wildman–Crippen LogP) is 2.33. The Morgan fingerprint density at radius 2 is 1.97 bits per heavy atom. The van der Waals surface area contributed by atoms with Crippen LogP contribution in [0.5, 0.6) is 5.75 Å². The van der Waals surface area contributed by atoms with Crippen LogP contribution < -0.4 is 15.4 Å². The summed E-state index contributed by atoms with van der Waals surface area (Å²) < 4.78 is 11.0. The van der Waals surface area contributed by atoms with Crippen molar-refractivity contribution in [2.45, 2.75) is 26.8 Å². The van der Waals surface area contributed by atoms with Crippen molar-refractivity contribution >= 4 is 29.9 Å². The normalized spacial score (nSPS) is 15.9. The van der Waals surface area contributed by atoms with Crippen LogP contribution in [-0.2, 0) is 11.3 Å². The van der Waals surface area contributed by atoms with Crippen molar-refractivity contribution in [1.82, 2.24) is 20.4 Å². The summed E-state index contributed by atoms with van der Waals surface area (Å²) >= 11 is 0. The van der Waals surface area contributed by atoms with Crippen molar-refractivity contribution in [3.8, 4) is 5.75 Å². The highest BCUT2D eigenvalue weighted by Gasteiger charge is 2.11. The third-order valence-corrected chi connectivity index (χ3v) is 5.05. The van der Waals surface area contributed by atoms with E-state index >= 15 is 0 Å². The Labute approximate surface area is 199 Å². The quantitative estimate of drug-likeness (QED) is 0.209. The first-order chi connectivity index (χ1) is 14.1. The molecule has 1 aliphatic heterocycles. The smallest absolute Gasteiger partial charge is 0.191 e. The molecular formula is C22H40IN5O2. The van der Waals surface area contributed by atoms with Crippen LogP contribution in [0.1, 0.15) is 24.5 Å². The lowest BCUT2D eigenvalue weighted by Gasteiger charge is -2.21. The van der Waals surface area contributed by atoms with Gasteiger partial charge in [0.15, 0.2) is 5.96 Å². The van der Waals surface area contributed by atoms with Crippen LogP contribution in [0.15, 0.2) is 23.2 Å². The van der Waals surface area contributed by atoms with Crippen molar-refractivity contribution in [3.63, 3.8) is 0 Å². The van der Waals surface area contributed by atoms with Gasteiger partial charge in [-0.15, -0.1) is 24.0 Å². The Bertz CT molecular complexity index is 630. The van der Waals surface area contributed by atoms with Crippen molar-refractivity contribution in [2.75, 3.05) is 73.2 Å². The van der Waals surface area contributed by atoms with Gasteiger partial charge in [0.1, 0.15) is 12.4 Å². The molecule has 1 aliphatic rings. The minimum Gasteiger partial charge on any atom is -0.491 e. The monoisotopic (exact) mass is 533 g/mol. The van der Waals surface area contributed by atoms with E-state index in [0.717, 1.165) is 50.0 Å². The molecule has 0 unspecified atom stereocenters. The molecule has 172 valence electrons. The number of likely N-dealkylation sites (N-methyl/N-ethyl adjacent to an activating group) is 1. The fraction of sp³-hybridized carbons (Fsp3) is 0.682. The highest BCUT2D eigenvalue weighted by atomic mass is 127. The lowest BCUT2D eigenvalue weighted by Crippen LogP contribution is -2.42. The molecule has 0 bridgehead atoms. The van der Waals surface area contributed by atoms with E-state index in [9.17, 15) is 0 Å². The van der Waals surface area contributed by atoms with E-state index in [-0.39, 0.29) is 24.0 Å². The molecule has 0 aliphatic carbocycles. The van der Waals surface area contributed by atoms with Gasteiger partial charge in [-0.2, -0.15) is 0 Å². The van der Waals surface area contributed by atoms with E-state index in [4.69, 9.17) is 14.5 Å². The number of nitrogens with one attached hydrogen (secondary N) is 2. The standard InChI is InChI=1S/C22H39N5O2.HI/c1-5-23-22(24-9-12-27-11-6-10-26(3)13-14-27)25-18-20-8-7-19(2)17-21(20)29-16-15-28-4;/h7-8,17H,5-6,9-16,18H2,1-4H3,(H2,23,24,25);1H. The molecule has 0 spiro atoms. The van der Waals surface area contributed by atoms with Crippen LogP contribution in [0.3, 0.4) is 0 Å². The maximum absolute atomic E-state index is 5.89. The van der Waals surface area contributed by atoms with E-state index in [0.29, 0.717) is 19.8 Å². The van der Waals surface area contributed by atoms with Gasteiger partial charge in [0.05, 0.1) is 13.2 Å². The zero-order valence-electron chi connectivity index (χ0n) is 19.1. The highest BCUT2D eigenvalue weighted by molar-refractivity contribution is 14.0. The number of rotatable bonds is 10. The Balaban J connectivity index is 0.00000450. The second kappa shape index (κ2) is 15.7. The van der Waals surface area contributed by atoms with E-state index in [1.807, 2.05) is 0 Å². The van der Waals surface area contributed by atoms with Gasteiger partial charge < -0.3 is 29.9 Å². The number of halogens is 1. The first-order valence-electron chi connectivity index (χ1n) is 10.8.